The molecule has 1 aromatic heterocycles. The molecule has 1 aromatic rings. The predicted octanol–water partition coefficient (Wildman–Crippen LogP) is 7.62. The van der Waals surface area contributed by atoms with Crippen LogP contribution in [-0.4, -0.2) is 17.6 Å². The second kappa shape index (κ2) is 15.2. The van der Waals surface area contributed by atoms with Crippen molar-refractivity contribution in [1.82, 2.24) is 4.98 Å². The molecule has 0 fully saturated rings. The van der Waals surface area contributed by atoms with Crippen LogP contribution in [0.3, 0.4) is 0 Å². The summed E-state index contributed by atoms with van der Waals surface area (Å²) in [4.78, 5) is 15.8. The van der Waals surface area contributed by atoms with Crippen LogP contribution in [0, 0.1) is 17.8 Å². The predicted molar refractivity (Wildman–Crippen MR) is 123 cm³/mol. The number of nitrogens with zero attached hydrogens (tertiary/aromatic N) is 1. The lowest BCUT2D eigenvalue weighted by Crippen LogP contribution is -2.05. The van der Waals surface area contributed by atoms with Gasteiger partial charge in [0.2, 0.25) is 0 Å². The van der Waals surface area contributed by atoms with Crippen LogP contribution in [0.2, 0.25) is 0 Å². The molecule has 29 heavy (non-hydrogen) atoms. The van der Waals surface area contributed by atoms with E-state index in [1.807, 2.05) is 6.08 Å². The Bertz CT molecular complexity index is 580. The van der Waals surface area contributed by atoms with Crippen LogP contribution in [-0.2, 0) is 4.74 Å². The van der Waals surface area contributed by atoms with Crippen molar-refractivity contribution < 1.29 is 9.53 Å². The molecule has 0 radical (unpaired) electrons. The van der Waals surface area contributed by atoms with E-state index in [0.717, 1.165) is 24.2 Å². The number of allylic oxidation sites excluding steroid dienone is 1. The maximum Gasteiger partial charge on any atom is 0.340 e. The minimum absolute atomic E-state index is 0.311. The first-order valence-corrected chi connectivity index (χ1v) is 11.6. The summed E-state index contributed by atoms with van der Waals surface area (Å²) in [6, 6.07) is 3.46. The molecule has 1 heterocycles. The van der Waals surface area contributed by atoms with Crippen molar-refractivity contribution in [3.05, 3.63) is 41.7 Å². The number of hydrogen-bond acceptors (Lipinski definition) is 3. The van der Waals surface area contributed by atoms with Gasteiger partial charge in [-0.3, -0.25) is 4.98 Å². The van der Waals surface area contributed by atoms with Gasteiger partial charge in [0.15, 0.2) is 0 Å². The Kier molecular flexibility index (Phi) is 13.3. The summed E-state index contributed by atoms with van der Waals surface area (Å²) >= 11 is 0. The van der Waals surface area contributed by atoms with Crippen LogP contribution in [0.15, 0.2) is 36.2 Å². The normalized spacial score (nSPS) is 14.1. The average molecular weight is 402 g/mol. The number of rotatable bonds is 15. The zero-order valence-electron chi connectivity index (χ0n) is 19.5. The van der Waals surface area contributed by atoms with Gasteiger partial charge in [-0.05, 0) is 55.7 Å². The van der Waals surface area contributed by atoms with E-state index in [1.54, 1.807) is 18.3 Å². The number of pyridine rings is 1. The van der Waals surface area contributed by atoms with Crippen molar-refractivity contribution in [3.63, 3.8) is 0 Å². The van der Waals surface area contributed by atoms with Gasteiger partial charge in [0.25, 0.3) is 0 Å². The highest BCUT2D eigenvalue weighted by Gasteiger charge is 2.07. The Balaban J connectivity index is 2.08. The summed E-state index contributed by atoms with van der Waals surface area (Å²) in [6.45, 7) is 11.9. The molecule has 3 heteroatoms. The fraction of sp³-hybridized carbons (Fsp3) is 0.692. The lowest BCUT2D eigenvalue weighted by molar-refractivity contribution is 0.0548. The zero-order valence-corrected chi connectivity index (χ0v) is 19.5. The summed E-state index contributed by atoms with van der Waals surface area (Å²) in [5.74, 6) is 2.21. The second-order valence-electron chi connectivity index (χ2n) is 9.25. The summed E-state index contributed by atoms with van der Waals surface area (Å²) in [5.41, 5.74) is 1.80. The minimum Gasteiger partial charge on any atom is -0.458 e. The largest absolute Gasteiger partial charge is 0.458 e. The number of carbonyl (C=O) groups excluding carboxylic acids is 1. The molecule has 1 rings (SSSR count). The Morgan fingerprint density at radius 2 is 1.62 bits per heavy atom. The number of aromatic nitrogens is 1. The zero-order chi connectivity index (χ0) is 21.5. The SMILES string of the molecule is C/C(=C\COC(=O)c1cccnc1)CCCC(C)CCCC(C)CCCC(C)C. The van der Waals surface area contributed by atoms with Gasteiger partial charge in [-0.1, -0.05) is 78.2 Å². The lowest BCUT2D eigenvalue weighted by atomic mass is 9.91. The van der Waals surface area contributed by atoms with Gasteiger partial charge in [-0.25, -0.2) is 4.79 Å². The fourth-order valence-corrected chi connectivity index (χ4v) is 3.64. The van der Waals surface area contributed by atoms with E-state index < -0.39 is 0 Å². The summed E-state index contributed by atoms with van der Waals surface area (Å²) in [7, 11) is 0. The fourth-order valence-electron chi connectivity index (χ4n) is 3.64. The smallest absolute Gasteiger partial charge is 0.340 e. The molecule has 3 nitrogen and oxygen atoms in total. The van der Waals surface area contributed by atoms with Crippen LogP contribution >= 0.6 is 0 Å². The van der Waals surface area contributed by atoms with Gasteiger partial charge in [0.05, 0.1) is 5.56 Å². The van der Waals surface area contributed by atoms with E-state index in [-0.39, 0.29) is 5.97 Å². The molecule has 0 aromatic carbocycles. The first-order valence-electron chi connectivity index (χ1n) is 11.6. The molecule has 0 aliphatic carbocycles. The molecule has 0 amide bonds. The summed E-state index contributed by atoms with van der Waals surface area (Å²) in [5, 5.41) is 0. The minimum atomic E-state index is -0.311. The molecular weight excluding hydrogens is 358 g/mol. The Morgan fingerprint density at radius 3 is 2.21 bits per heavy atom. The van der Waals surface area contributed by atoms with E-state index in [0.29, 0.717) is 12.2 Å². The third kappa shape index (κ3) is 13.2. The van der Waals surface area contributed by atoms with Crippen LogP contribution in [0.25, 0.3) is 0 Å². The van der Waals surface area contributed by atoms with Gasteiger partial charge in [0, 0.05) is 12.4 Å². The van der Waals surface area contributed by atoms with Gasteiger partial charge in [0.1, 0.15) is 6.61 Å². The van der Waals surface area contributed by atoms with Gasteiger partial charge >= 0.3 is 5.97 Å². The molecular formula is C26H43NO2. The molecule has 2 unspecified atom stereocenters. The van der Waals surface area contributed by atoms with Crippen molar-refractivity contribution >= 4 is 5.97 Å². The molecule has 0 aliphatic heterocycles. The monoisotopic (exact) mass is 401 g/mol. The van der Waals surface area contributed by atoms with E-state index in [1.165, 1.54) is 63.1 Å². The van der Waals surface area contributed by atoms with Crippen LogP contribution < -0.4 is 0 Å². The van der Waals surface area contributed by atoms with Crippen molar-refractivity contribution in [2.24, 2.45) is 17.8 Å². The Hall–Kier alpha value is -1.64. The molecule has 0 bridgehead atoms. The van der Waals surface area contributed by atoms with Crippen molar-refractivity contribution in [2.75, 3.05) is 6.61 Å². The van der Waals surface area contributed by atoms with Gasteiger partial charge in [-0.2, -0.15) is 0 Å². The topological polar surface area (TPSA) is 39.2 Å². The second-order valence-corrected chi connectivity index (χ2v) is 9.25. The first-order chi connectivity index (χ1) is 13.9. The van der Waals surface area contributed by atoms with Crippen LogP contribution in [0.4, 0.5) is 0 Å². The van der Waals surface area contributed by atoms with Crippen LogP contribution in [0.5, 0.6) is 0 Å². The summed E-state index contributed by atoms with van der Waals surface area (Å²) in [6.07, 6.45) is 17.0. The van der Waals surface area contributed by atoms with Crippen molar-refractivity contribution in [2.45, 2.75) is 92.4 Å². The van der Waals surface area contributed by atoms with Crippen molar-refractivity contribution in [1.29, 1.82) is 0 Å². The Labute approximate surface area is 179 Å². The summed E-state index contributed by atoms with van der Waals surface area (Å²) < 4.78 is 5.29. The molecule has 164 valence electrons. The number of carbonyl (C=O) groups is 1. The lowest BCUT2D eigenvalue weighted by Gasteiger charge is -2.15. The number of ether oxygens (including phenoxy) is 1. The molecule has 0 saturated heterocycles. The van der Waals surface area contributed by atoms with Gasteiger partial charge < -0.3 is 4.74 Å². The van der Waals surface area contributed by atoms with Crippen molar-refractivity contribution in [3.8, 4) is 0 Å². The van der Waals surface area contributed by atoms with E-state index in [9.17, 15) is 4.79 Å². The van der Waals surface area contributed by atoms with E-state index in [2.05, 4.69) is 39.6 Å². The van der Waals surface area contributed by atoms with E-state index >= 15 is 0 Å². The van der Waals surface area contributed by atoms with Crippen LogP contribution in [0.1, 0.15) is 103 Å². The third-order valence-electron chi connectivity index (χ3n) is 5.68. The Morgan fingerprint density at radius 1 is 1.00 bits per heavy atom. The highest BCUT2D eigenvalue weighted by Crippen LogP contribution is 2.22. The number of esters is 1. The highest BCUT2D eigenvalue weighted by molar-refractivity contribution is 5.88. The maximum absolute atomic E-state index is 11.9. The molecule has 2 atom stereocenters. The van der Waals surface area contributed by atoms with Gasteiger partial charge in [-0.15, -0.1) is 0 Å². The average Bonchev–Trinajstić information content (AvgIpc) is 2.68. The highest BCUT2D eigenvalue weighted by atomic mass is 16.5. The molecule has 0 spiro atoms. The molecule has 0 aliphatic rings. The number of hydrogen-bond donors (Lipinski definition) is 0. The first kappa shape index (κ1) is 25.4. The third-order valence-corrected chi connectivity index (χ3v) is 5.68. The molecule has 0 saturated carbocycles. The maximum atomic E-state index is 11.9. The van der Waals surface area contributed by atoms with E-state index in [4.69, 9.17) is 4.74 Å². The quantitative estimate of drug-likeness (QED) is 0.224. The standard InChI is InChI=1S/C26H43NO2/c1-21(2)10-6-11-22(3)12-7-13-23(4)14-8-15-24(5)17-19-29-26(28)25-16-9-18-27-20-25/h9,16-18,20-23H,6-8,10-15,19H2,1-5H3/b24-17+. The molecule has 0 N–H and O–H groups in total.